The van der Waals surface area contributed by atoms with Gasteiger partial charge in [-0.1, -0.05) is 24.4 Å². The average Bonchev–Trinajstić information content (AvgIpc) is 2.85. The molecule has 0 radical (unpaired) electrons. The highest BCUT2D eigenvalue weighted by Gasteiger charge is 2.14. The van der Waals surface area contributed by atoms with Gasteiger partial charge in [0.25, 0.3) is 5.91 Å². The predicted molar refractivity (Wildman–Crippen MR) is 85.1 cm³/mol. The van der Waals surface area contributed by atoms with Crippen molar-refractivity contribution in [3.63, 3.8) is 0 Å². The molecule has 0 saturated heterocycles. The van der Waals surface area contributed by atoms with Gasteiger partial charge in [-0.15, -0.1) is 11.3 Å². The smallest absolute Gasteiger partial charge is 0.251 e. The van der Waals surface area contributed by atoms with E-state index in [-0.39, 0.29) is 11.9 Å². The fraction of sp³-hybridized carbons (Fsp3) is 0.214. The number of nitrogens with one attached hydrogen (secondary N) is 1. The zero-order chi connectivity index (χ0) is 14.7. The van der Waals surface area contributed by atoms with Gasteiger partial charge in [-0.25, -0.2) is 4.98 Å². The molecule has 0 saturated carbocycles. The normalized spacial score (nSPS) is 11.9. The van der Waals surface area contributed by atoms with Crippen molar-refractivity contribution in [1.82, 2.24) is 10.3 Å². The van der Waals surface area contributed by atoms with E-state index in [1.165, 1.54) is 0 Å². The van der Waals surface area contributed by atoms with Crippen LogP contribution in [0.1, 0.15) is 39.6 Å². The number of hydrogen-bond acceptors (Lipinski definition) is 4. The minimum atomic E-state index is -0.139. The van der Waals surface area contributed by atoms with Gasteiger partial charge in [0.15, 0.2) is 0 Å². The van der Waals surface area contributed by atoms with E-state index in [0.717, 1.165) is 16.3 Å². The quantitative estimate of drug-likeness (QED) is 0.852. The van der Waals surface area contributed by atoms with Gasteiger partial charge < -0.3 is 11.1 Å². The van der Waals surface area contributed by atoms with Crippen LogP contribution in [-0.4, -0.2) is 15.9 Å². The van der Waals surface area contributed by atoms with Gasteiger partial charge in [0, 0.05) is 22.2 Å². The summed E-state index contributed by atoms with van der Waals surface area (Å²) in [6, 6.07) is 6.80. The SMILES string of the molecule is Cc1csc(C(C)NC(=O)c2ccc(C(N)=S)cc2)n1. The number of benzene rings is 1. The number of aryl methyl sites for hydroxylation is 1. The molecule has 2 rings (SSSR count). The Kier molecular flexibility index (Phi) is 4.46. The summed E-state index contributed by atoms with van der Waals surface area (Å²) in [6.45, 7) is 3.85. The number of carbonyl (C=O) groups excluding carboxylic acids is 1. The lowest BCUT2D eigenvalue weighted by Gasteiger charge is -2.11. The van der Waals surface area contributed by atoms with E-state index in [1.54, 1.807) is 35.6 Å². The third-order valence-corrected chi connectivity index (χ3v) is 4.17. The highest BCUT2D eigenvalue weighted by Crippen LogP contribution is 2.18. The molecule has 4 nitrogen and oxygen atoms in total. The van der Waals surface area contributed by atoms with Crippen LogP contribution in [0.5, 0.6) is 0 Å². The Morgan fingerprint density at radius 1 is 1.35 bits per heavy atom. The molecule has 0 bridgehead atoms. The molecular weight excluding hydrogens is 290 g/mol. The molecule has 1 aromatic carbocycles. The van der Waals surface area contributed by atoms with Crippen LogP contribution in [0.4, 0.5) is 0 Å². The molecule has 0 aliphatic carbocycles. The van der Waals surface area contributed by atoms with Crippen molar-refractivity contribution in [1.29, 1.82) is 0 Å². The standard InChI is InChI=1S/C14H15N3OS2/c1-8-7-20-14(16-8)9(2)17-13(18)11-5-3-10(4-6-11)12(15)19/h3-7,9H,1-2H3,(H2,15,19)(H,17,18). The summed E-state index contributed by atoms with van der Waals surface area (Å²) in [6.07, 6.45) is 0. The maximum Gasteiger partial charge on any atom is 0.251 e. The first-order valence-electron chi connectivity index (χ1n) is 6.10. The number of nitrogens with two attached hydrogens (primary N) is 1. The van der Waals surface area contributed by atoms with Gasteiger partial charge in [-0.05, 0) is 26.0 Å². The summed E-state index contributed by atoms with van der Waals surface area (Å²) < 4.78 is 0. The van der Waals surface area contributed by atoms with E-state index in [0.29, 0.717) is 10.6 Å². The van der Waals surface area contributed by atoms with Gasteiger partial charge in [0.1, 0.15) is 10.00 Å². The number of nitrogens with zero attached hydrogens (tertiary/aromatic N) is 1. The molecular formula is C14H15N3OS2. The van der Waals surface area contributed by atoms with Crippen molar-refractivity contribution in [3.8, 4) is 0 Å². The van der Waals surface area contributed by atoms with Gasteiger partial charge in [-0.2, -0.15) is 0 Å². The van der Waals surface area contributed by atoms with Gasteiger partial charge in [-0.3, -0.25) is 4.79 Å². The van der Waals surface area contributed by atoms with Crippen LogP contribution in [-0.2, 0) is 0 Å². The first-order valence-corrected chi connectivity index (χ1v) is 7.39. The second-order valence-corrected chi connectivity index (χ2v) is 5.79. The monoisotopic (exact) mass is 305 g/mol. The Bertz CT molecular complexity index is 634. The minimum absolute atomic E-state index is 0.114. The zero-order valence-corrected chi connectivity index (χ0v) is 12.8. The first-order chi connectivity index (χ1) is 9.47. The lowest BCUT2D eigenvalue weighted by Crippen LogP contribution is -2.26. The molecule has 3 N–H and O–H groups in total. The summed E-state index contributed by atoms with van der Waals surface area (Å²) in [4.78, 5) is 16.8. The van der Waals surface area contributed by atoms with Crippen LogP contribution in [0.3, 0.4) is 0 Å². The van der Waals surface area contributed by atoms with Gasteiger partial charge >= 0.3 is 0 Å². The molecule has 1 unspecified atom stereocenters. The van der Waals surface area contributed by atoms with Crippen LogP contribution in [0, 0.1) is 6.92 Å². The summed E-state index contributed by atoms with van der Waals surface area (Å²) in [7, 11) is 0. The summed E-state index contributed by atoms with van der Waals surface area (Å²) in [5, 5.41) is 5.79. The fourth-order valence-electron chi connectivity index (χ4n) is 1.70. The molecule has 2 aromatic rings. The van der Waals surface area contributed by atoms with Crippen LogP contribution >= 0.6 is 23.6 Å². The van der Waals surface area contributed by atoms with Crippen molar-refractivity contribution < 1.29 is 4.79 Å². The summed E-state index contributed by atoms with van der Waals surface area (Å²) in [5.41, 5.74) is 7.81. The van der Waals surface area contributed by atoms with Crippen molar-refractivity contribution in [2.24, 2.45) is 5.73 Å². The highest BCUT2D eigenvalue weighted by atomic mass is 32.1. The molecule has 0 aliphatic rings. The number of rotatable bonds is 4. The Morgan fingerprint density at radius 2 is 1.95 bits per heavy atom. The van der Waals surface area contributed by atoms with Crippen LogP contribution < -0.4 is 11.1 Å². The predicted octanol–water partition coefficient (Wildman–Crippen LogP) is 2.58. The summed E-state index contributed by atoms with van der Waals surface area (Å²) in [5.74, 6) is -0.139. The molecule has 1 atom stereocenters. The lowest BCUT2D eigenvalue weighted by molar-refractivity contribution is 0.0940. The molecule has 1 aromatic heterocycles. The first kappa shape index (κ1) is 14.6. The zero-order valence-electron chi connectivity index (χ0n) is 11.2. The molecule has 0 spiro atoms. The van der Waals surface area contributed by atoms with E-state index in [4.69, 9.17) is 18.0 Å². The number of amides is 1. The van der Waals surface area contributed by atoms with Gasteiger partial charge in [0.2, 0.25) is 0 Å². The van der Waals surface area contributed by atoms with E-state index >= 15 is 0 Å². The minimum Gasteiger partial charge on any atom is -0.389 e. The lowest BCUT2D eigenvalue weighted by atomic mass is 10.1. The van der Waals surface area contributed by atoms with E-state index in [1.807, 2.05) is 19.2 Å². The molecule has 1 amide bonds. The maximum atomic E-state index is 12.1. The molecule has 0 fully saturated rings. The van der Waals surface area contributed by atoms with Crippen molar-refractivity contribution >= 4 is 34.5 Å². The van der Waals surface area contributed by atoms with E-state index in [9.17, 15) is 4.79 Å². The Hall–Kier alpha value is -1.79. The van der Waals surface area contributed by atoms with Gasteiger partial charge in [0.05, 0.1) is 6.04 Å². The molecule has 1 heterocycles. The number of thiocarbonyl (C=S) groups is 1. The third kappa shape index (κ3) is 3.40. The molecule has 6 heteroatoms. The number of carbonyl (C=O) groups is 1. The second kappa shape index (κ2) is 6.11. The Labute approximate surface area is 127 Å². The van der Waals surface area contributed by atoms with E-state index in [2.05, 4.69) is 10.3 Å². The second-order valence-electron chi connectivity index (χ2n) is 4.46. The van der Waals surface area contributed by atoms with Crippen LogP contribution in [0.25, 0.3) is 0 Å². The highest BCUT2D eigenvalue weighted by molar-refractivity contribution is 7.80. The van der Waals surface area contributed by atoms with E-state index < -0.39 is 0 Å². The number of aromatic nitrogens is 1. The Morgan fingerprint density at radius 3 is 2.45 bits per heavy atom. The Balaban J connectivity index is 2.06. The van der Waals surface area contributed by atoms with Crippen LogP contribution in [0.2, 0.25) is 0 Å². The van der Waals surface area contributed by atoms with Crippen LogP contribution in [0.15, 0.2) is 29.6 Å². The topological polar surface area (TPSA) is 68.0 Å². The number of hydrogen-bond donors (Lipinski definition) is 2. The average molecular weight is 305 g/mol. The van der Waals surface area contributed by atoms with Crippen molar-refractivity contribution in [2.75, 3.05) is 0 Å². The van der Waals surface area contributed by atoms with Crippen molar-refractivity contribution in [3.05, 3.63) is 51.5 Å². The molecule has 0 aliphatic heterocycles. The van der Waals surface area contributed by atoms with Crippen molar-refractivity contribution in [2.45, 2.75) is 19.9 Å². The largest absolute Gasteiger partial charge is 0.389 e. The molecule has 104 valence electrons. The fourth-order valence-corrected chi connectivity index (χ4v) is 2.64. The molecule has 20 heavy (non-hydrogen) atoms. The number of thiazole rings is 1. The maximum absolute atomic E-state index is 12.1. The summed E-state index contributed by atoms with van der Waals surface area (Å²) >= 11 is 6.42. The third-order valence-electron chi connectivity index (χ3n) is 2.79.